The zero-order chi connectivity index (χ0) is 28.5. The molecule has 9 nitrogen and oxygen atoms in total. The van der Waals surface area contributed by atoms with Crippen molar-refractivity contribution < 1.29 is 22.7 Å². The van der Waals surface area contributed by atoms with Gasteiger partial charge in [0.2, 0.25) is 5.91 Å². The molecule has 4 rings (SSSR count). The van der Waals surface area contributed by atoms with Crippen LogP contribution < -0.4 is 5.32 Å². The summed E-state index contributed by atoms with van der Waals surface area (Å²) in [6.07, 6.45) is 1.70. The van der Waals surface area contributed by atoms with E-state index in [1.165, 1.54) is 0 Å². The van der Waals surface area contributed by atoms with Crippen LogP contribution in [0.2, 0.25) is 0 Å². The minimum absolute atomic E-state index is 0.0130. The number of aromatic nitrogens is 3. The first-order valence-electron chi connectivity index (χ1n) is 12.8. The number of benzene rings is 3. The maximum atomic E-state index is 13.1. The summed E-state index contributed by atoms with van der Waals surface area (Å²) in [4.78, 5) is 25.2. The molecule has 208 valence electrons. The number of esters is 1. The van der Waals surface area contributed by atoms with Crippen LogP contribution >= 0.6 is 11.8 Å². The third kappa shape index (κ3) is 7.57. The molecule has 0 fully saturated rings. The second-order valence-corrected chi connectivity index (χ2v) is 12.0. The van der Waals surface area contributed by atoms with Crippen LogP contribution in [0.15, 0.2) is 88.9 Å². The molecule has 0 unspecified atom stereocenters. The Bertz CT molecular complexity index is 1570. The number of hydrogen-bond acceptors (Lipinski definition) is 8. The summed E-state index contributed by atoms with van der Waals surface area (Å²) in [5.41, 5.74) is 2.45. The van der Waals surface area contributed by atoms with Gasteiger partial charge in [0.15, 0.2) is 20.8 Å². The van der Waals surface area contributed by atoms with E-state index in [9.17, 15) is 18.0 Å². The number of nitrogens with one attached hydrogen (secondary N) is 1. The fraction of sp³-hybridized carbons (Fsp3) is 0.241. The number of unbranched alkanes of at least 4 members (excludes halogenated alkanes) is 1. The largest absolute Gasteiger partial charge is 0.462 e. The highest BCUT2D eigenvalue weighted by Gasteiger charge is 2.23. The van der Waals surface area contributed by atoms with E-state index in [4.69, 9.17) is 4.74 Å². The van der Waals surface area contributed by atoms with Crippen LogP contribution in [0.5, 0.6) is 0 Å². The summed E-state index contributed by atoms with van der Waals surface area (Å²) in [5, 5.41) is 11.5. The SMILES string of the molecule is CCCCOC(=O)c1cccc(NC(=O)CSc2nnc(CS(=O)(=O)c3ccc(C)cc3)n2-c2ccccc2)c1. The summed E-state index contributed by atoms with van der Waals surface area (Å²) in [6.45, 7) is 4.25. The van der Waals surface area contributed by atoms with Gasteiger partial charge in [0, 0.05) is 11.4 Å². The first kappa shape index (κ1) is 29.0. The van der Waals surface area contributed by atoms with Crippen LogP contribution in [0.3, 0.4) is 0 Å². The van der Waals surface area contributed by atoms with Crippen LogP contribution in [0.25, 0.3) is 5.69 Å². The number of anilines is 1. The van der Waals surface area contributed by atoms with Gasteiger partial charge in [0.05, 0.1) is 22.8 Å². The Balaban J connectivity index is 1.48. The van der Waals surface area contributed by atoms with E-state index in [0.717, 1.165) is 30.2 Å². The number of amides is 1. The smallest absolute Gasteiger partial charge is 0.338 e. The van der Waals surface area contributed by atoms with E-state index >= 15 is 0 Å². The number of carbonyl (C=O) groups excluding carboxylic acids is 2. The predicted molar refractivity (Wildman–Crippen MR) is 154 cm³/mol. The van der Waals surface area contributed by atoms with Crippen molar-refractivity contribution in [1.82, 2.24) is 14.8 Å². The van der Waals surface area contributed by atoms with Gasteiger partial charge < -0.3 is 10.1 Å². The molecule has 0 saturated heterocycles. The van der Waals surface area contributed by atoms with Crippen LogP contribution in [-0.2, 0) is 25.1 Å². The van der Waals surface area contributed by atoms with Gasteiger partial charge in [-0.1, -0.05) is 67.1 Å². The monoisotopic (exact) mass is 578 g/mol. The molecular weight excluding hydrogens is 548 g/mol. The highest BCUT2D eigenvalue weighted by atomic mass is 32.2. The van der Waals surface area contributed by atoms with Crippen LogP contribution in [0, 0.1) is 6.92 Å². The number of rotatable bonds is 12. The molecule has 1 aromatic heterocycles. The second kappa shape index (κ2) is 13.4. The quantitative estimate of drug-likeness (QED) is 0.138. The topological polar surface area (TPSA) is 120 Å². The maximum Gasteiger partial charge on any atom is 0.338 e. The third-order valence-electron chi connectivity index (χ3n) is 5.86. The third-order valence-corrected chi connectivity index (χ3v) is 8.42. The molecule has 0 aliphatic carbocycles. The Hall–Kier alpha value is -3.96. The average Bonchev–Trinajstić information content (AvgIpc) is 3.34. The van der Waals surface area contributed by atoms with E-state index in [1.807, 2.05) is 44.2 Å². The van der Waals surface area contributed by atoms with Crippen molar-refractivity contribution in [3.8, 4) is 5.69 Å². The lowest BCUT2D eigenvalue weighted by Crippen LogP contribution is -2.15. The summed E-state index contributed by atoms with van der Waals surface area (Å²) < 4.78 is 33.2. The van der Waals surface area contributed by atoms with Gasteiger partial charge in [-0.3, -0.25) is 9.36 Å². The molecule has 4 aromatic rings. The van der Waals surface area contributed by atoms with Crippen molar-refractivity contribution in [2.45, 2.75) is 42.5 Å². The van der Waals surface area contributed by atoms with Gasteiger partial charge >= 0.3 is 5.97 Å². The van der Waals surface area contributed by atoms with Crippen molar-refractivity contribution in [3.05, 3.63) is 95.8 Å². The van der Waals surface area contributed by atoms with E-state index in [2.05, 4.69) is 15.5 Å². The van der Waals surface area contributed by atoms with Crippen molar-refractivity contribution in [2.75, 3.05) is 17.7 Å². The van der Waals surface area contributed by atoms with Gasteiger partial charge in [-0.05, 0) is 55.8 Å². The zero-order valence-corrected chi connectivity index (χ0v) is 23.9. The number of aryl methyl sites for hydroxylation is 1. The molecule has 1 N–H and O–H groups in total. The number of para-hydroxylation sites is 1. The zero-order valence-electron chi connectivity index (χ0n) is 22.2. The lowest BCUT2D eigenvalue weighted by Gasteiger charge is -2.11. The number of thioether (sulfide) groups is 1. The average molecular weight is 579 g/mol. The van der Waals surface area contributed by atoms with Crippen LogP contribution in [0.4, 0.5) is 5.69 Å². The standard InChI is InChI=1S/C29H30N4O5S2/c1-3-4-17-38-28(35)22-9-8-10-23(18-22)30-27(34)19-39-29-32-31-26(33(29)24-11-6-5-7-12-24)20-40(36,37)25-15-13-21(2)14-16-25/h5-16,18H,3-4,17,19-20H2,1-2H3,(H,30,34). The number of hydrogen-bond donors (Lipinski definition) is 1. The summed E-state index contributed by atoms with van der Waals surface area (Å²) in [6, 6.07) is 22.4. The molecule has 40 heavy (non-hydrogen) atoms. The van der Waals surface area contributed by atoms with Gasteiger partial charge in [0.1, 0.15) is 5.75 Å². The lowest BCUT2D eigenvalue weighted by molar-refractivity contribution is -0.113. The highest BCUT2D eigenvalue weighted by Crippen LogP contribution is 2.25. The van der Waals surface area contributed by atoms with Gasteiger partial charge in [-0.2, -0.15) is 0 Å². The van der Waals surface area contributed by atoms with Gasteiger partial charge in [-0.25, -0.2) is 13.2 Å². The highest BCUT2D eigenvalue weighted by molar-refractivity contribution is 7.99. The van der Waals surface area contributed by atoms with Gasteiger partial charge in [-0.15, -0.1) is 10.2 Å². The molecule has 0 aliphatic heterocycles. The van der Waals surface area contributed by atoms with E-state index in [-0.39, 0.29) is 28.1 Å². The fourth-order valence-corrected chi connectivity index (χ4v) is 5.78. The minimum Gasteiger partial charge on any atom is -0.462 e. The summed E-state index contributed by atoms with van der Waals surface area (Å²) >= 11 is 1.13. The number of carbonyl (C=O) groups is 2. The molecule has 0 radical (unpaired) electrons. The first-order chi connectivity index (χ1) is 19.3. The molecule has 0 aliphatic rings. The van der Waals surface area contributed by atoms with Crippen molar-refractivity contribution >= 4 is 39.2 Å². The number of sulfone groups is 1. The van der Waals surface area contributed by atoms with Crippen molar-refractivity contribution in [1.29, 1.82) is 0 Å². The maximum absolute atomic E-state index is 13.1. The summed E-state index contributed by atoms with van der Waals surface area (Å²) in [7, 11) is -3.69. The fourth-order valence-electron chi connectivity index (χ4n) is 3.77. The Kier molecular flexibility index (Phi) is 9.73. The molecule has 0 spiro atoms. The van der Waals surface area contributed by atoms with Crippen LogP contribution in [0.1, 0.15) is 41.5 Å². The normalized spacial score (nSPS) is 11.2. The molecule has 3 aromatic carbocycles. The van der Waals surface area contributed by atoms with E-state index in [1.54, 1.807) is 53.1 Å². The Labute approximate surface area is 237 Å². The van der Waals surface area contributed by atoms with E-state index in [0.29, 0.717) is 28.7 Å². The van der Waals surface area contributed by atoms with Crippen molar-refractivity contribution in [2.24, 2.45) is 0 Å². The van der Waals surface area contributed by atoms with Gasteiger partial charge in [0.25, 0.3) is 0 Å². The molecule has 11 heteroatoms. The Morgan fingerprint density at radius 1 is 0.975 bits per heavy atom. The van der Waals surface area contributed by atoms with Crippen molar-refractivity contribution in [3.63, 3.8) is 0 Å². The predicted octanol–water partition coefficient (Wildman–Crippen LogP) is 5.24. The molecule has 0 bridgehead atoms. The molecule has 1 amide bonds. The molecular formula is C29H30N4O5S2. The lowest BCUT2D eigenvalue weighted by atomic mass is 10.2. The van der Waals surface area contributed by atoms with Crippen LogP contribution in [-0.4, -0.2) is 47.4 Å². The summed E-state index contributed by atoms with van der Waals surface area (Å²) in [5.74, 6) is -0.892. The molecule has 1 heterocycles. The number of nitrogens with zero attached hydrogens (tertiary/aromatic N) is 3. The Morgan fingerprint density at radius 2 is 1.73 bits per heavy atom. The molecule has 0 atom stereocenters. The number of ether oxygens (including phenoxy) is 1. The van der Waals surface area contributed by atoms with E-state index < -0.39 is 15.8 Å². The first-order valence-corrected chi connectivity index (χ1v) is 15.4. The molecule has 0 saturated carbocycles. The Morgan fingerprint density at radius 3 is 2.45 bits per heavy atom. The minimum atomic E-state index is -3.69. The second-order valence-electron chi connectivity index (χ2n) is 9.05.